The number of pyridine rings is 1. The maximum atomic E-state index is 6.02. The third-order valence-corrected chi connectivity index (χ3v) is 4.37. The van der Waals surface area contributed by atoms with Gasteiger partial charge in [0, 0.05) is 23.3 Å². The van der Waals surface area contributed by atoms with Gasteiger partial charge in [0.25, 0.3) is 0 Å². The third kappa shape index (κ3) is 3.34. The number of nitrogens with one attached hydrogen (secondary N) is 1. The van der Waals surface area contributed by atoms with Crippen molar-refractivity contribution >= 4 is 15.9 Å². The van der Waals surface area contributed by atoms with Gasteiger partial charge >= 0.3 is 0 Å². The van der Waals surface area contributed by atoms with Crippen molar-refractivity contribution in [3.63, 3.8) is 0 Å². The third-order valence-electron chi connectivity index (χ3n) is 3.94. The van der Waals surface area contributed by atoms with Gasteiger partial charge in [-0.25, -0.2) is 0 Å². The molecule has 2 saturated heterocycles. The number of nitrogens with zero attached hydrogens (tertiary/aromatic N) is 1. The zero-order valence-electron chi connectivity index (χ0n) is 10.9. The molecule has 3 rings (SSSR count). The second-order valence-electron chi connectivity index (χ2n) is 5.39. The normalized spacial score (nSPS) is 25.8. The number of rotatable bonds is 3. The van der Waals surface area contributed by atoms with Crippen LogP contribution in [0.5, 0.6) is 0 Å². The van der Waals surface area contributed by atoms with Crippen molar-refractivity contribution < 1.29 is 9.47 Å². The Morgan fingerprint density at radius 1 is 1.42 bits per heavy atom. The van der Waals surface area contributed by atoms with Crippen LogP contribution in [-0.2, 0) is 16.1 Å². The van der Waals surface area contributed by atoms with E-state index in [9.17, 15) is 0 Å². The minimum atomic E-state index is 0.0748. The van der Waals surface area contributed by atoms with Gasteiger partial charge in [-0.2, -0.15) is 0 Å². The first kappa shape index (κ1) is 13.5. The maximum Gasteiger partial charge on any atom is 0.0840 e. The molecule has 1 spiro atoms. The lowest BCUT2D eigenvalue weighted by Gasteiger charge is -2.32. The zero-order valence-corrected chi connectivity index (χ0v) is 12.5. The summed E-state index contributed by atoms with van der Waals surface area (Å²) in [5.74, 6) is 0. The summed E-state index contributed by atoms with van der Waals surface area (Å²) in [6.45, 7) is 3.45. The summed E-state index contributed by atoms with van der Waals surface area (Å²) in [5.41, 5.74) is 1.17. The van der Waals surface area contributed by atoms with Gasteiger partial charge in [0.15, 0.2) is 0 Å². The van der Waals surface area contributed by atoms with Gasteiger partial charge in [0.1, 0.15) is 0 Å². The Kier molecular flexibility index (Phi) is 4.17. The highest BCUT2D eigenvalue weighted by Crippen LogP contribution is 2.35. The topological polar surface area (TPSA) is 43.4 Å². The molecule has 0 saturated carbocycles. The lowest BCUT2D eigenvalue weighted by molar-refractivity contribution is -0.0241. The van der Waals surface area contributed by atoms with Crippen molar-refractivity contribution in [3.05, 3.63) is 28.5 Å². The molecule has 0 aromatic carbocycles. The Labute approximate surface area is 122 Å². The fraction of sp³-hybridized carbons (Fsp3) is 0.643. The summed E-state index contributed by atoms with van der Waals surface area (Å²) in [5, 5.41) is 3.38. The van der Waals surface area contributed by atoms with Crippen LogP contribution in [0.1, 0.15) is 24.8 Å². The van der Waals surface area contributed by atoms with Gasteiger partial charge in [-0.15, -0.1) is 0 Å². The fourth-order valence-electron chi connectivity index (χ4n) is 2.89. The molecule has 1 unspecified atom stereocenters. The Hall–Kier alpha value is -0.490. The highest BCUT2D eigenvalue weighted by molar-refractivity contribution is 9.10. The lowest BCUT2D eigenvalue weighted by Crippen LogP contribution is -2.41. The van der Waals surface area contributed by atoms with Crippen LogP contribution in [0, 0.1) is 0 Å². The highest BCUT2D eigenvalue weighted by Gasteiger charge is 2.41. The van der Waals surface area contributed by atoms with Crippen LogP contribution in [0.3, 0.4) is 0 Å². The van der Waals surface area contributed by atoms with Crippen molar-refractivity contribution in [1.82, 2.24) is 10.3 Å². The summed E-state index contributed by atoms with van der Waals surface area (Å²) < 4.78 is 13.0. The van der Waals surface area contributed by atoms with E-state index in [1.165, 1.54) is 0 Å². The zero-order chi connectivity index (χ0) is 13.1. The first-order valence-corrected chi connectivity index (χ1v) is 7.61. The van der Waals surface area contributed by atoms with Gasteiger partial charge in [0.2, 0.25) is 0 Å². The maximum absolute atomic E-state index is 6.02. The molecule has 1 aromatic heterocycles. The number of piperidine rings is 1. The quantitative estimate of drug-likeness (QED) is 0.925. The van der Waals surface area contributed by atoms with Crippen LogP contribution in [0.15, 0.2) is 22.9 Å². The van der Waals surface area contributed by atoms with Crippen molar-refractivity contribution in [3.8, 4) is 0 Å². The van der Waals surface area contributed by atoms with Gasteiger partial charge < -0.3 is 14.8 Å². The molecule has 5 heteroatoms. The molecule has 0 bridgehead atoms. The molecule has 4 nitrogen and oxygen atoms in total. The SMILES string of the molecule is Brc1cncc(COC2COC3(CCNCC3)C2)c1. The molecule has 1 atom stereocenters. The van der Waals surface area contributed by atoms with Gasteiger partial charge in [-0.1, -0.05) is 0 Å². The summed E-state index contributed by atoms with van der Waals surface area (Å²) in [7, 11) is 0. The average molecular weight is 327 g/mol. The van der Waals surface area contributed by atoms with Crippen LogP contribution in [-0.4, -0.2) is 36.4 Å². The van der Waals surface area contributed by atoms with Gasteiger partial charge in [-0.05, 0) is 53.5 Å². The highest BCUT2D eigenvalue weighted by atomic mass is 79.9. The van der Waals surface area contributed by atoms with E-state index >= 15 is 0 Å². The average Bonchev–Trinajstić information content (AvgIpc) is 2.80. The number of aromatic nitrogens is 1. The second kappa shape index (κ2) is 5.87. The monoisotopic (exact) mass is 326 g/mol. The Bertz CT molecular complexity index is 435. The Balaban J connectivity index is 1.52. The molecule has 1 N–H and O–H groups in total. The Morgan fingerprint density at radius 2 is 2.26 bits per heavy atom. The Morgan fingerprint density at radius 3 is 3.05 bits per heavy atom. The molecule has 0 radical (unpaired) electrons. The van der Waals surface area contributed by atoms with E-state index in [-0.39, 0.29) is 11.7 Å². The summed E-state index contributed by atoms with van der Waals surface area (Å²) in [4.78, 5) is 4.15. The van der Waals surface area contributed by atoms with E-state index in [1.807, 2.05) is 12.3 Å². The second-order valence-corrected chi connectivity index (χ2v) is 6.31. The van der Waals surface area contributed by atoms with E-state index in [2.05, 4.69) is 26.2 Å². The molecule has 104 valence electrons. The van der Waals surface area contributed by atoms with Crippen molar-refractivity contribution in [2.45, 2.75) is 37.6 Å². The van der Waals surface area contributed by atoms with E-state index in [0.717, 1.165) is 49.0 Å². The van der Waals surface area contributed by atoms with Crippen LogP contribution in [0.4, 0.5) is 0 Å². The van der Waals surface area contributed by atoms with Crippen LogP contribution in [0.2, 0.25) is 0 Å². The largest absolute Gasteiger partial charge is 0.372 e. The number of ether oxygens (including phenoxy) is 2. The molecule has 0 aliphatic carbocycles. The molecule has 2 aliphatic heterocycles. The number of hydrogen-bond acceptors (Lipinski definition) is 4. The van der Waals surface area contributed by atoms with Crippen molar-refractivity contribution in [2.24, 2.45) is 0 Å². The minimum Gasteiger partial charge on any atom is -0.372 e. The molecule has 2 fully saturated rings. The predicted molar refractivity (Wildman–Crippen MR) is 75.9 cm³/mol. The van der Waals surface area contributed by atoms with Crippen LogP contribution < -0.4 is 5.32 Å². The molecular weight excluding hydrogens is 308 g/mol. The summed E-state index contributed by atoms with van der Waals surface area (Å²) in [6.07, 6.45) is 7.08. The van der Waals surface area contributed by atoms with Crippen LogP contribution >= 0.6 is 15.9 Å². The van der Waals surface area contributed by atoms with E-state index < -0.39 is 0 Å². The molecule has 2 aliphatic rings. The molecule has 19 heavy (non-hydrogen) atoms. The standard InChI is InChI=1S/C14H19BrN2O2/c15-12-5-11(7-17-8-12)9-18-13-6-14(19-10-13)1-3-16-4-2-14/h5,7-8,13,16H,1-4,6,9-10H2. The number of hydrogen-bond donors (Lipinski definition) is 1. The van der Waals surface area contributed by atoms with E-state index in [4.69, 9.17) is 9.47 Å². The minimum absolute atomic E-state index is 0.0748. The summed E-state index contributed by atoms with van der Waals surface area (Å²) in [6, 6.07) is 2.04. The van der Waals surface area contributed by atoms with Crippen molar-refractivity contribution in [2.75, 3.05) is 19.7 Å². The van der Waals surface area contributed by atoms with E-state index in [1.54, 1.807) is 6.20 Å². The lowest BCUT2D eigenvalue weighted by atomic mass is 9.89. The van der Waals surface area contributed by atoms with E-state index in [0.29, 0.717) is 6.61 Å². The molecule has 0 amide bonds. The molecule has 1 aromatic rings. The predicted octanol–water partition coefficient (Wildman–Crippen LogP) is 2.27. The first-order chi connectivity index (χ1) is 9.26. The van der Waals surface area contributed by atoms with Gasteiger partial charge in [0.05, 0.1) is 24.9 Å². The molecular formula is C14H19BrN2O2. The molecule has 3 heterocycles. The number of halogens is 1. The van der Waals surface area contributed by atoms with Crippen molar-refractivity contribution in [1.29, 1.82) is 0 Å². The first-order valence-electron chi connectivity index (χ1n) is 6.82. The van der Waals surface area contributed by atoms with Gasteiger partial charge in [-0.3, -0.25) is 4.98 Å². The fourth-order valence-corrected chi connectivity index (χ4v) is 3.30. The summed E-state index contributed by atoms with van der Waals surface area (Å²) >= 11 is 3.42. The smallest absolute Gasteiger partial charge is 0.0840 e. The van der Waals surface area contributed by atoms with Crippen LogP contribution in [0.25, 0.3) is 0 Å².